The van der Waals surface area contributed by atoms with E-state index in [0.717, 1.165) is 11.1 Å². The third kappa shape index (κ3) is 1.96. The lowest BCUT2D eigenvalue weighted by Crippen LogP contribution is -2.18. The summed E-state index contributed by atoms with van der Waals surface area (Å²) in [5.74, 6) is 0. The summed E-state index contributed by atoms with van der Waals surface area (Å²) in [6.07, 6.45) is 7.99. The molecule has 0 radical (unpaired) electrons. The van der Waals surface area contributed by atoms with Gasteiger partial charge in [0.25, 0.3) is 0 Å². The zero-order valence-electron chi connectivity index (χ0n) is 8.74. The summed E-state index contributed by atoms with van der Waals surface area (Å²) in [4.78, 5) is 0. The van der Waals surface area contributed by atoms with Gasteiger partial charge in [-0.1, -0.05) is 36.4 Å². The van der Waals surface area contributed by atoms with E-state index in [1.807, 2.05) is 36.4 Å². The fourth-order valence-corrected chi connectivity index (χ4v) is 2.01. The van der Waals surface area contributed by atoms with Gasteiger partial charge in [0.2, 0.25) is 0 Å². The lowest BCUT2D eigenvalue weighted by atomic mass is 9.76. The number of hydrogen-bond donors (Lipinski definition) is 0. The average molecular weight is 218 g/mol. The molecule has 16 heavy (non-hydrogen) atoms. The minimum atomic E-state index is -0.669. The van der Waals surface area contributed by atoms with Crippen LogP contribution in [0.3, 0.4) is 0 Å². The first-order chi connectivity index (χ1) is 7.79. The Kier molecular flexibility index (Phi) is 3.00. The smallest absolute Gasteiger partial charge is 0.0839 e. The summed E-state index contributed by atoms with van der Waals surface area (Å²) in [5, 5.41) is 0. The van der Waals surface area contributed by atoms with Gasteiger partial charge in [-0.25, -0.2) is 8.78 Å². The van der Waals surface area contributed by atoms with E-state index in [9.17, 15) is 8.78 Å². The van der Waals surface area contributed by atoms with Crippen LogP contribution in [0, 0.1) is 5.41 Å². The predicted molar refractivity (Wildman–Crippen MR) is 62.1 cm³/mol. The van der Waals surface area contributed by atoms with E-state index in [4.69, 9.17) is 0 Å². The number of allylic oxidation sites excluding steroid dienone is 3. The molecule has 0 nitrogen and oxygen atoms in total. The maximum absolute atomic E-state index is 12.4. The van der Waals surface area contributed by atoms with Gasteiger partial charge >= 0.3 is 0 Å². The quantitative estimate of drug-likeness (QED) is 0.697. The first-order valence-electron chi connectivity index (χ1n) is 5.13. The van der Waals surface area contributed by atoms with Crippen LogP contribution in [0.2, 0.25) is 0 Å². The van der Waals surface area contributed by atoms with Crippen LogP contribution in [0.5, 0.6) is 0 Å². The molecule has 0 unspecified atom stereocenters. The molecule has 1 aromatic carbocycles. The first kappa shape index (κ1) is 10.8. The minimum absolute atomic E-state index is 0.471. The maximum Gasteiger partial charge on any atom is 0.0839 e. The third-order valence-corrected chi connectivity index (χ3v) is 2.87. The van der Waals surface area contributed by atoms with Crippen LogP contribution >= 0.6 is 0 Å². The number of benzene rings is 1. The van der Waals surface area contributed by atoms with E-state index in [-0.39, 0.29) is 0 Å². The lowest BCUT2D eigenvalue weighted by Gasteiger charge is -2.27. The van der Waals surface area contributed by atoms with Crippen molar-refractivity contribution in [3.63, 3.8) is 0 Å². The summed E-state index contributed by atoms with van der Waals surface area (Å²) >= 11 is 0. The van der Waals surface area contributed by atoms with Crippen LogP contribution < -0.4 is 0 Å². The second kappa shape index (κ2) is 4.44. The van der Waals surface area contributed by atoms with Crippen molar-refractivity contribution < 1.29 is 8.78 Å². The summed E-state index contributed by atoms with van der Waals surface area (Å²) in [6.45, 7) is 0. The molecule has 2 heteroatoms. The van der Waals surface area contributed by atoms with E-state index in [1.54, 1.807) is 0 Å². The van der Waals surface area contributed by atoms with E-state index in [1.165, 1.54) is 12.2 Å². The molecule has 0 spiro atoms. The summed E-state index contributed by atoms with van der Waals surface area (Å²) < 4.78 is 24.7. The van der Waals surface area contributed by atoms with Crippen molar-refractivity contribution in [3.8, 4) is 0 Å². The van der Waals surface area contributed by atoms with Crippen LogP contribution in [0.4, 0.5) is 8.78 Å². The second-order valence-electron chi connectivity index (χ2n) is 3.91. The molecule has 82 valence electrons. The van der Waals surface area contributed by atoms with E-state index >= 15 is 0 Å². The Labute approximate surface area is 93.6 Å². The minimum Gasteiger partial charge on any atom is -0.216 e. The van der Waals surface area contributed by atoms with Crippen molar-refractivity contribution in [2.75, 3.05) is 0 Å². The average Bonchev–Trinajstić information content (AvgIpc) is 2.30. The van der Waals surface area contributed by atoms with Crippen molar-refractivity contribution in [2.45, 2.75) is 6.42 Å². The highest BCUT2D eigenvalue weighted by Crippen LogP contribution is 2.35. The van der Waals surface area contributed by atoms with Gasteiger partial charge in [-0.05, 0) is 29.7 Å². The number of halogens is 2. The van der Waals surface area contributed by atoms with Crippen LogP contribution in [-0.4, -0.2) is 0 Å². The van der Waals surface area contributed by atoms with Crippen LogP contribution in [0.1, 0.15) is 11.1 Å². The molecule has 0 bridgehead atoms. The van der Waals surface area contributed by atoms with Gasteiger partial charge in [-0.15, -0.1) is 0 Å². The highest BCUT2D eigenvalue weighted by Gasteiger charge is 2.25. The second-order valence-corrected chi connectivity index (χ2v) is 3.91. The molecular formula is C14H12F2. The molecular weight excluding hydrogens is 206 g/mol. The van der Waals surface area contributed by atoms with Gasteiger partial charge in [0.1, 0.15) is 0 Å². The summed E-state index contributed by atoms with van der Waals surface area (Å²) in [6, 6.07) is 7.85. The topological polar surface area (TPSA) is 0 Å². The van der Waals surface area contributed by atoms with Gasteiger partial charge < -0.3 is 0 Å². The first-order valence-corrected chi connectivity index (χ1v) is 5.13. The van der Waals surface area contributed by atoms with Crippen molar-refractivity contribution in [3.05, 3.63) is 66.3 Å². The molecule has 0 N–H and O–H groups in total. The Morgan fingerprint density at radius 1 is 1.06 bits per heavy atom. The Bertz CT molecular complexity index is 444. The van der Waals surface area contributed by atoms with Crippen molar-refractivity contribution in [2.24, 2.45) is 5.41 Å². The molecule has 0 atom stereocenters. The Morgan fingerprint density at radius 2 is 1.75 bits per heavy atom. The van der Waals surface area contributed by atoms with Crippen LogP contribution in [-0.2, 0) is 6.42 Å². The van der Waals surface area contributed by atoms with Crippen molar-refractivity contribution in [1.82, 2.24) is 0 Å². The van der Waals surface area contributed by atoms with Gasteiger partial charge in [-0.3, -0.25) is 0 Å². The highest BCUT2D eigenvalue weighted by molar-refractivity contribution is 5.59. The molecule has 0 heterocycles. The fraction of sp³-hybridized carbons (Fsp3) is 0.143. The molecule has 0 amide bonds. The van der Waals surface area contributed by atoms with Crippen molar-refractivity contribution >= 4 is 6.08 Å². The molecule has 0 aromatic heterocycles. The van der Waals surface area contributed by atoms with Gasteiger partial charge in [0.15, 0.2) is 0 Å². The largest absolute Gasteiger partial charge is 0.216 e. The van der Waals surface area contributed by atoms with Crippen molar-refractivity contribution in [1.29, 1.82) is 0 Å². The van der Waals surface area contributed by atoms with Crippen LogP contribution in [0.25, 0.3) is 6.08 Å². The Balaban J connectivity index is 2.42. The maximum atomic E-state index is 12.4. The number of fused-ring (bicyclic) bond motifs is 1. The van der Waals surface area contributed by atoms with E-state index in [2.05, 4.69) is 0 Å². The molecule has 0 aliphatic heterocycles. The highest BCUT2D eigenvalue weighted by atomic mass is 19.1. The summed E-state index contributed by atoms with van der Waals surface area (Å²) in [7, 11) is 0. The zero-order chi connectivity index (χ0) is 11.4. The van der Waals surface area contributed by atoms with Gasteiger partial charge in [-0.2, -0.15) is 0 Å². The van der Waals surface area contributed by atoms with E-state index < -0.39 is 5.41 Å². The number of hydrogen-bond acceptors (Lipinski definition) is 0. The fourth-order valence-electron chi connectivity index (χ4n) is 2.01. The Hall–Kier alpha value is -1.70. The zero-order valence-corrected chi connectivity index (χ0v) is 8.74. The third-order valence-electron chi connectivity index (χ3n) is 2.87. The molecule has 1 aliphatic carbocycles. The molecule has 2 rings (SSSR count). The number of rotatable bonds is 2. The molecule has 0 saturated heterocycles. The molecule has 1 aliphatic rings. The molecule has 0 fully saturated rings. The summed E-state index contributed by atoms with van der Waals surface area (Å²) in [5.41, 5.74) is 1.54. The lowest BCUT2D eigenvalue weighted by molar-refractivity contribution is 0.579. The Morgan fingerprint density at radius 3 is 2.44 bits per heavy atom. The molecule has 1 aromatic rings. The van der Waals surface area contributed by atoms with E-state index in [0.29, 0.717) is 19.1 Å². The predicted octanol–water partition coefficient (Wildman–Crippen LogP) is 4.21. The molecule has 0 saturated carbocycles. The monoisotopic (exact) mass is 218 g/mol. The SMILES string of the molecule is FC=CC1(C=CF)C=Cc2ccccc2C1. The van der Waals surface area contributed by atoms with Gasteiger partial charge in [0.05, 0.1) is 12.7 Å². The van der Waals surface area contributed by atoms with Crippen LogP contribution in [0.15, 0.2) is 55.2 Å². The normalized spacial score (nSPS) is 24.1. The van der Waals surface area contributed by atoms with Gasteiger partial charge in [0, 0.05) is 5.41 Å². The standard InChI is InChI=1S/C14H12F2/c15-9-7-14(8-10-16)6-5-12-3-1-2-4-13(12)11-14/h1-10H,11H2.